The highest BCUT2D eigenvalue weighted by atomic mass is 16.1. The van der Waals surface area contributed by atoms with Gasteiger partial charge in [-0.3, -0.25) is 9.59 Å². The summed E-state index contributed by atoms with van der Waals surface area (Å²) in [4.78, 5) is 28.1. The minimum atomic E-state index is -0.153. The quantitative estimate of drug-likeness (QED) is 0.565. The minimum Gasteiger partial charge on any atom is -0.305 e. The molecule has 0 bridgehead atoms. The Morgan fingerprint density at radius 1 is 0.962 bits per heavy atom. The van der Waals surface area contributed by atoms with E-state index in [0.717, 1.165) is 19.4 Å². The predicted octanol–water partition coefficient (Wildman–Crippen LogP) is 4.08. The minimum absolute atomic E-state index is 0.00153. The molecule has 26 heavy (non-hydrogen) atoms. The molecule has 0 saturated carbocycles. The summed E-state index contributed by atoms with van der Waals surface area (Å²) in [6.45, 7) is 15.6. The molecule has 1 N–H and O–H groups in total. The lowest BCUT2D eigenvalue weighted by atomic mass is 9.84. The molecule has 1 heterocycles. The third-order valence-electron chi connectivity index (χ3n) is 5.42. The van der Waals surface area contributed by atoms with Gasteiger partial charge >= 0.3 is 0 Å². The highest BCUT2D eigenvalue weighted by Gasteiger charge is 2.29. The number of carbonyl (C=O) groups is 2. The standard InChI is InChI=1S/C22H42N2O2/c1-16(2)21(23-18(5)6)20(25)15-19(22(26)17(3)4)11-10-14-24-12-8-7-9-13-24/h16-19,21,23H,7-15H2,1-6H3/t19-,21+/m1/s1. The summed E-state index contributed by atoms with van der Waals surface area (Å²) >= 11 is 0. The SMILES string of the molecule is CC(C)N[C@H](C(=O)C[C@@H](CCCN1CCCCC1)C(=O)C(C)C)C(C)C. The number of Topliss-reactive ketones (excluding diaryl/α,β-unsaturated/α-hetero) is 2. The van der Waals surface area contributed by atoms with E-state index in [2.05, 4.69) is 37.9 Å². The first-order valence-corrected chi connectivity index (χ1v) is 10.8. The fourth-order valence-electron chi connectivity index (χ4n) is 3.95. The zero-order valence-electron chi connectivity index (χ0n) is 18.0. The van der Waals surface area contributed by atoms with Gasteiger partial charge in [0, 0.05) is 24.3 Å². The smallest absolute Gasteiger partial charge is 0.150 e. The van der Waals surface area contributed by atoms with Gasteiger partial charge in [0.25, 0.3) is 0 Å². The average molecular weight is 367 g/mol. The van der Waals surface area contributed by atoms with Crippen molar-refractivity contribution in [3.8, 4) is 0 Å². The third-order valence-corrected chi connectivity index (χ3v) is 5.42. The van der Waals surface area contributed by atoms with Gasteiger partial charge in [-0.15, -0.1) is 0 Å². The van der Waals surface area contributed by atoms with E-state index in [0.29, 0.717) is 6.42 Å². The fourth-order valence-corrected chi connectivity index (χ4v) is 3.95. The van der Waals surface area contributed by atoms with Crippen LogP contribution in [0.1, 0.15) is 80.1 Å². The Hall–Kier alpha value is -0.740. The summed E-state index contributed by atoms with van der Waals surface area (Å²) in [5, 5.41) is 3.39. The van der Waals surface area contributed by atoms with Crippen molar-refractivity contribution in [3.63, 3.8) is 0 Å². The lowest BCUT2D eigenvalue weighted by Crippen LogP contribution is -2.45. The number of nitrogens with one attached hydrogen (secondary N) is 1. The molecule has 0 aliphatic carbocycles. The van der Waals surface area contributed by atoms with Crippen LogP contribution in [0.25, 0.3) is 0 Å². The largest absolute Gasteiger partial charge is 0.305 e. The molecule has 0 amide bonds. The lowest BCUT2D eigenvalue weighted by Gasteiger charge is -2.28. The second kappa shape index (κ2) is 11.9. The van der Waals surface area contributed by atoms with E-state index >= 15 is 0 Å². The summed E-state index contributed by atoms with van der Waals surface area (Å²) in [7, 11) is 0. The summed E-state index contributed by atoms with van der Waals surface area (Å²) in [5.41, 5.74) is 0. The van der Waals surface area contributed by atoms with Crippen molar-refractivity contribution in [1.82, 2.24) is 10.2 Å². The number of hydrogen-bond donors (Lipinski definition) is 1. The molecule has 1 fully saturated rings. The molecular formula is C22H42N2O2. The molecule has 1 aliphatic heterocycles. The summed E-state index contributed by atoms with van der Waals surface area (Å²) in [5.74, 6) is 0.573. The number of carbonyl (C=O) groups excluding carboxylic acids is 2. The molecule has 152 valence electrons. The molecule has 1 saturated heterocycles. The first kappa shape index (κ1) is 23.3. The molecule has 0 aromatic heterocycles. The van der Waals surface area contributed by atoms with Gasteiger partial charge in [0.05, 0.1) is 6.04 Å². The van der Waals surface area contributed by atoms with Crippen LogP contribution in [-0.2, 0) is 9.59 Å². The van der Waals surface area contributed by atoms with Crippen molar-refractivity contribution >= 4 is 11.6 Å². The molecule has 1 rings (SSSR count). The number of hydrogen-bond acceptors (Lipinski definition) is 4. The van der Waals surface area contributed by atoms with E-state index < -0.39 is 0 Å². The third kappa shape index (κ3) is 8.30. The van der Waals surface area contributed by atoms with E-state index in [-0.39, 0.29) is 41.4 Å². The Balaban J connectivity index is 2.63. The maximum Gasteiger partial charge on any atom is 0.150 e. The van der Waals surface area contributed by atoms with Crippen LogP contribution in [0.2, 0.25) is 0 Å². The molecule has 0 aromatic carbocycles. The molecule has 0 radical (unpaired) electrons. The number of rotatable bonds is 12. The highest BCUT2D eigenvalue weighted by Crippen LogP contribution is 2.21. The van der Waals surface area contributed by atoms with Gasteiger partial charge in [0.2, 0.25) is 0 Å². The number of likely N-dealkylation sites (tertiary alicyclic amines) is 1. The van der Waals surface area contributed by atoms with E-state index in [1.54, 1.807) is 0 Å². The van der Waals surface area contributed by atoms with Crippen LogP contribution >= 0.6 is 0 Å². The van der Waals surface area contributed by atoms with Gasteiger partial charge in [-0.2, -0.15) is 0 Å². The Morgan fingerprint density at radius 3 is 2.08 bits per heavy atom. The van der Waals surface area contributed by atoms with Gasteiger partial charge in [0.15, 0.2) is 5.78 Å². The molecule has 0 spiro atoms. The van der Waals surface area contributed by atoms with Crippen LogP contribution in [0.3, 0.4) is 0 Å². The number of nitrogens with zero attached hydrogens (tertiary/aromatic N) is 1. The lowest BCUT2D eigenvalue weighted by molar-refractivity contribution is -0.131. The Morgan fingerprint density at radius 2 is 1.58 bits per heavy atom. The van der Waals surface area contributed by atoms with Crippen molar-refractivity contribution < 1.29 is 9.59 Å². The van der Waals surface area contributed by atoms with Gasteiger partial charge in [-0.1, -0.05) is 48.0 Å². The van der Waals surface area contributed by atoms with Crippen LogP contribution in [0.15, 0.2) is 0 Å². The second-order valence-corrected chi connectivity index (χ2v) is 9.01. The zero-order chi connectivity index (χ0) is 19.7. The number of piperidine rings is 1. The van der Waals surface area contributed by atoms with Crippen molar-refractivity contribution in [2.75, 3.05) is 19.6 Å². The van der Waals surface area contributed by atoms with Crippen LogP contribution in [0.5, 0.6) is 0 Å². The van der Waals surface area contributed by atoms with E-state index in [1.807, 2.05) is 13.8 Å². The van der Waals surface area contributed by atoms with Crippen LogP contribution in [0, 0.1) is 17.8 Å². The van der Waals surface area contributed by atoms with E-state index in [9.17, 15) is 9.59 Å². The fraction of sp³-hybridized carbons (Fsp3) is 0.909. The van der Waals surface area contributed by atoms with Crippen molar-refractivity contribution in [3.05, 3.63) is 0 Å². The van der Waals surface area contributed by atoms with E-state index in [4.69, 9.17) is 0 Å². The van der Waals surface area contributed by atoms with Gasteiger partial charge < -0.3 is 10.2 Å². The Labute approximate surface area is 161 Å². The van der Waals surface area contributed by atoms with Gasteiger partial charge in [-0.25, -0.2) is 0 Å². The van der Waals surface area contributed by atoms with Crippen LogP contribution in [-0.4, -0.2) is 48.2 Å². The Kier molecular flexibility index (Phi) is 10.6. The van der Waals surface area contributed by atoms with Gasteiger partial charge in [-0.05, 0) is 51.2 Å². The summed E-state index contributed by atoms with van der Waals surface area (Å²) in [6, 6.07) is 0.115. The molecular weight excluding hydrogens is 324 g/mol. The maximum absolute atomic E-state index is 12.9. The van der Waals surface area contributed by atoms with Gasteiger partial charge in [0.1, 0.15) is 5.78 Å². The van der Waals surface area contributed by atoms with Crippen LogP contribution < -0.4 is 5.32 Å². The molecule has 0 unspecified atom stereocenters. The summed E-state index contributed by atoms with van der Waals surface area (Å²) in [6.07, 6.45) is 6.18. The topological polar surface area (TPSA) is 49.4 Å². The second-order valence-electron chi connectivity index (χ2n) is 9.01. The highest BCUT2D eigenvalue weighted by molar-refractivity contribution is 5.91. The molecule has 2 atom stereocenters. The predicted molar refractivity (Wildman–Crippen MR) is 109 cm³/mol. The van der Waals surface area contributed by atoms with Crippen LogP contribution in [0.4, 0.5) is 0 Å². The van der Waals surface area contributed by atoms with Crippen molar-refractivity contribution in [2.45, 2.75) is 92.2 Å². The molecule has 4 nitrogen and oxygen atoms in total. The van der Waals surface area contributed by atoms with Crippen molar-refractivity contribution in [1.29, 1.82) is 0 Å². The first-order chi connectivity index (χ1) is 12.2. The molecule has 0 aromatic rings. The van der Waals surface area contributed by atoms with E-state index in [1.165, 1.54) is 32.4 Å². The Bertz CT molecular complexity index is 426. The van der Waals surface area contributed by atoms with Crippen molar-refractivity contribution in [2.24, 2.45) is 17.8 Å². The number of ketones is 2. The molecule has 4 heteroatoms. The average Bonchev–Trinajstić information content (AvgIpc) is 2.58. The first-order valence-electron chi connectivity index (χ1n) is 10.8. The normalized spacial score (nSPS) is 18.5. The molecule has 1 aliphatic rings. The zero-order valence-corrected chi connectivity index (χ0v) is 18.0. The maximum atomic E-state index is 12.9. The monoisotopic (exact) mass is 366 g/mol. The summed E-state index contributed by atoms with van der Waals surface area (Å²) < 4.78 is 0.